The highest BCUT2D eigenvalue weighted by Crippen LogP contribution is 2.29. The summed E-state index contributed by atoms with van der Waals surface area (Å²) in [6, 6.07) is 16.4. The Kier molecular flexibility index (Phi) is 3.80. The maximum Gasteiger partial charge on any atom is 0.0991 e. The topological polar surface area (TPSA) is 23.8 Å². The summed E-state index contributed by atoms with van der Waals surface area (Å²) in [6.45, 7) is 2.16. The Morgan fingerprint density at radius 2 is 1.88 bits per heavy atom. The molecule has 2 aromatic carbocycles. The number of rotatable bonds is 2. The minimum Gasteiger partial charge on any atom is -0.192 e. The summed E-state index contributed by atoms with van der Waals surface area (Å²) >= 11 is 2.29. The van der Waals surface area contributed by atoms with Gasteiger partial charge in [-0.05, 0) is 57.8 Å². The van der Waals surface area contributed by atoms with Crippen LogP contribution in [0.15, 0.2) is 42.5 Å². The SMILES string of the molecule is CCc1ccccc1-c1ccc(C#N)cc1I. The van der Waals surface area contributed by atoms with Crippen molar-refractivity contribution in [3.05, 3.63) is 57.2 Å². The van der Waals surface area contributed by atoms with Gasteiger partial charge in [0.05, 0.1) is 11.6 Å². The van der Waals surface area contributed by atoms with Crippen LogP contribution in [0.5, 0.6) is 0 Å². The van der Waals surface area contributed by atoms with Gasteiger partial charge in [-0.3, -0.25) is 0 Å². The normalized spacial score (nSPS) is 9.94. The lowest BCUT2D eigenvalue weighted by Gasteiger charge is -2.10. The molecule has 0 spiro atoms. The van der Waals surface area contributed by atoms with Gasteiger partial charge in [0.25, 0.3) is 0 Å². The van der Waals surface area contributed by atoms with Crippen LogP contribution in [-0.2, 0) is 6.42 Å². The van der Waals surface area contributed by atoms with E-state index in [1.54, 1.807) is 0 Å². The molecule has 0 radical (unpaired) electrons. The molecule has 0 aliphatic carbocycles. The first-order valence-corrected chi connectivity index (χ1v) is 6.62. The fourth-order valence-corrected chi connectivity index (χ4v) is 2.70. The molecular weight excluding hydrogens is 321 g/mol. The fourth-order valence-electron chi connectivity index (χ4n) is 1.89. The van der Waals surface area contributed by atoms with E-state index >= 15 is 0 Å². The smallest absolute Gasteiger partial charge is 0.0991 e. The molecule has 17 heavy (non-hydrogen) atoms. The van der Waals surface area contributed by atoms with E-state index in [2.05, 4.69) is 59.8 Å². The second kappa shape index (κ2) is 5.33. The number of hydrogen-bond acceptors (Lipinski definition) is 1. The third kappa shape index (κ3) is 2.50. The quantitative estimate of drug-likeness (QED) is 0.748. The van der Waals surface area contributed by atoms with Crippen molar-refractivity contribution in [3.8, 4) is 17.2 Å². The van der Waals surface area contributed by atoms with Gasteiger partial charge in [0.1, 0.15) is 0 Å². The fraction of sp³-hybridized carbons (Fsp3) is 0.133. The predicted octanol–water partition coefficient (Wildman–Crippen LogP) is 4.39. The predicted molar refractivity (Wildman–Crippen MR) is 78.7 cm³/mol. The standard InChI is InChI=1S/C15H12IN/c1-2-12-5-3-4-6-13(12)14-8-7-11(10-17)9-15(14)16/h3-9H,2H2,1H3. The molecule has 2 heteroatoms. The monoisotopic (exact) mass is 333 g/mol. The van der Waals surface area contributed by atoms with Gasteiger partial charge in [0, 0.05) is 3.57 Å². The van der Waals surface area contributed by atoms with Gasteiger partial charge in [-0.25, -0.2) is 0 Å². The van der Waals surface area contributed by atoms with Crippen molar-refractivity contribution in [3.63, 3.8) is 0 Å². The average Bonchev–Trinajstić information content (AvgIpc) is 2.38. The third-order valence-corrected chi connectivity index (χ3v) is 3.68. The first-order valence-electron chi connectivity index (χ1n) is 5.54. The van der Waals surface area contributed by atoms with Gasteiger partial charge < -0.3 is 0 Å². The summed E-state index contributed by atoms with van der Waals surface area (Å²) in [5.41, 5.74) is 4.54. The lowest BCUT2D eigenvalue weighted by Crippen LogP contribution is -1.90. The van der Waals surface area contributed by atoms with Gasteiger partial charge in [-0.15, -0.1) is 0 Å². The van der Waals surface area contributed by atoms with Crippen LogP contribution >= 0.6 is 22.6 Å². The molecule has 0 saturated carbocycles. The zero-order valence-electron chi connectivity index (χ0n) is 9.57. The minimum atomic E-state index is 0.715. The lowest BCUT2D eigenvalue weighted by molar-refractivity contribution is 1.14. The lowest BCUT2D eigenvalue weighted by atomic mass is 9.97. The van der Waals surface area contributed by atoms with E-state index in [9.17, 15) is 0 Å². The zero-order chi connectivity index (χ0) is 12.3. The second-order valence-electron chi connectivity index (χ2n) is 3.82. The van der Waals surface area contributed by atoms with E-state index in [1.807, 2.05) is 18.2 Å². The van der Waals surface area contributed by atoms with Crippen LogP contribution in [0.4, 0.5) is 0 Å². The van der Waals surface area contributed by atoms with E-state index in [0.717, 1.165) is 9.99 Å². The van der Waals surface area contributed by atoms with Crippen LogP contribution in [0.2, 0.25) is 0 Å². The molecule has 2 aromatic rings. The molecule has 84 valence electrons. The molecule has 2 rings (SSSR count). The molecule has 0 aromatic heterocycles. The third-order valence-electron chi connectivity index (χ3n) is 2.79. The molecule has 0 fully saturated rings. The largest absolute Gasteiger partial charge is 0.192 e. The second-order valence-corrected chi connectivity index (χ2v) is 4.98. The van der Waals surface area contributed by atoms with E-state index in [-0.39, 0.29) is 0 Å². The van der Waals surface area contributed by atoms with Crippen molar-refractivity contribution < 1.29 is 0 Å². The van der Waals surface area contributed by atoms with Gasteiger partial charge in [-0.2, -0.15) is 5.26 Å². The summed E-state index contributed by atoms with van der Waals surface area (Å²) in [5, 5.41) is 8.87. The summed E-state index contributed by atoms with van der Waals surface area (Å²) in [7, 11) is 0. The number of hydrogen-bond donors (Lipinski definition) is 0. The highest BCUT2D eigenvalue weighted by Gasteiger charge is 2.07. The molecule has 0 bridgehead atoms. The number of halogens is 1. The Morgan fingerprint density at radius 1 is 1.12 bits per heavy atom. The molecule has 0 N–H and O–H groups in total. The van der Waals surface area contributed by atoms with Crippen molar-refractivity contribution in [2.45, 2.75) is 13.3 Å². The number of benzene rings is 2. The number of aryl methyl sites for hydroxylation is 1. The average molecular weight is 333 g/mol. The van der Waals surface area contributed by atoms with Crippen LogP contribution in [0.1, 0.15) is 18.1 Å². The van der Waals surface area contributed by atoms with Crippen molar-refractivity contribution >= 4 is 22.6 Å². The van der Waals surface area contributed by atoms with Gasteiger partial charge in [-0.1, -0.05) is 37.3 Å². The molecular formula is C15H12IN. The van der Waals surface area contributed by atoms with Crippen LogP contribution < -0.4 is 0 Å². The number of nitrogens with zero attached hydrogens (tertiary/aromatic N) is 1. The zero-order valence-corrected chi connectivity index (χ0v) is 11.7. The Balaban J connectivity index is 2.57. The Morgan fingerprint density at radius 3 is 2.53 bits per heavy atom. The summed E-state index contributed by atoms with van der Waals surface area (Å²) in [5.74, 6) is 0. The molecule has 0 unspecified atom stereocenters. The van der Waals surface area contributed by atoms with Gasteiger partial charge >= 0.3 is 0 Å². The summed E-state index contributed by atoms with van der Waals surface area (Å²) in [4.78, 5) is 0. The molecule has 0 atom stereocenters. The summed E-state index contributed by atoms with van der Waals surface area (Å²) in [6.07, 6.45) is 1.02. The first-order chi connectivity index (χ1) is 8.26. The van der Waals surface area contributed by atoms with Crippen molar-refractivity contribution in [2.24, 2.45) is 0 Å². The Bertz CT molecular complexity index is 582. The molecule has 0 aliphatic rings. The van der Waals surface area contributed by atoms with Crippen LogP contribution in [0, 0.1) is 14.9 Å². The maximum absolute atomic E-state index is 8.87. The maximum atomic E-state index is 8.87. The van der Waals surface area contributed by atoms with E-state index in [0.29, 0.717) is 5.56 Å². The van der Waals surface area contributed by atoms with E-state index < -0.39 is 0 Å². The first kappa shape index (κ1) is 12.1. The molecule has 0 heterocycles. The Hall–Kier alpha value is -1.34. The minimum absolute atomic E-state index is 0.715. The van der Waals surface area contributed by atoms with Crippen LogP contribution in [0.25, 0.3) is 11.1 Å². The molecule has 0 aliphatic heterocycles. The van der Waals surface area contributed by atoms with Crippen molar-refractivity contribution in [1.82, 2.24) is 0 Å². The highest BCUT2D eigenvalue weighted by molar-refractivity contribution is 14.1. The molecule has 0 amide bonds. The van der Waals surface area contributed by atoms with Crippen molar-refractivity contribution in [1.29, 1.82) is 5.26 Å². The Labute approximate surface area is 115 Å². The van der Waals surface area contributed by atoms with Crippen molar-refractivity contribution in [2.75, 3.05) is 0 Å². The highest BCUT2D eigenvalue weighted by atomic mass is 127. The van der Waals surface area contributed by atoms with Gasteiger partial charge in [0.2, 0.25) is 0 Å². The van der Waals surface area contributed by atoms with Crippen LogP contribution in [-0.4, -0.2) is 0 Å². The molecule has 0 saturated heterocycles. The van der Waals surface area contributed by atoms with E-state index in [1.165, 1.54) is 16.7 Å². The van der Waals surface area contributed by atoms with Crippen LogP contribution in [0.3, 0.4) is 0 Å². The number of nitriles is 1. The van der Waals surface area contributed by atoms with Gasteiger partial charge in [0.15, 0.2) is 0 Å². The van der Waals surface area contributed by atoms with E-state index in [4.69, 9.17) is 5.26 Å². The summed E-state index contributed by atoms with van der Waals surface area (Å²) < 4.78 is 1.13. The molecule has 1 nitrogen and oxygen atoms in total.